The first kappa shape index (κ1) is 23.3. The summed E-state index contributed by atoms with van der Waals surface area (Å²) in [6.07, 6.45) is 0. The van der Waals surface area contributed by atoms with Crippen molar-refractivity contribution in [1.82, 2.24) is 19.7 Å². The molecule has 0 aliphatic carbocycles. The van der Waals surface area contributed by atoms with Crippen molar-refractivity contribution in [2.75, 3.05) is 19.4 Å². The number of rotatable bonds is 7. The number of nitrogens with one attached hydrogen (secondary N) is 1. The van der Waals surface area contributed by atoms with Gasteiger partial charge in [0.05, 0.1) is 11.3 Å². The second-order valence-electron chi connectivity index (χ2n) is 7.86. The lowest BCUT2D eigenvalue weighted by atomic mass is 10.1. The van der Waals surface area contributed by atoms with E-state index in [0.29, 0.717) is 10.2 Å². The minimum atomic E-state index is -0.363. The summed E-state index contributed by atoms with van der Waals surface area (Å²) in [5.74, 6) is 0.725. The maximum Gasteiger partial charge on any atom is 0.237 e. The molecule has 3 aromatic rings. The van der Waals surface area contributed by atoms with Crippen molar-refractivity contribution in [2.24, 2.45) is 0 Å². The number of hydrogen-bond acceptors (Lipinski definition) is 5. The number of carbonyl (C=O) groups is 1. The summed E-state index contributed by atoms with van der Waals surface area (Å²) in [4.78, 5) is 15.0. The van der Waals surface area contributed by atoms with Gasteiger partial charge in [0.1, 0.15) is 0 Å². The Labute approximate surface area is 193 Å². The molecule has 0 bridgehead atoms. The normalized spacial score (nSPS) is 13.3. The summed E-state index contributed by atoms with van der Waals surface area (Å²) in [5.41, 5.74) is 3.87. The van der Waals surface area contributed by atoms with Gasteiger partial charge in [-0.2, -0.15) is 0 Å². The molecule has 0 aliphatic heterocycles. The third-order valence-electron chi connectivity index (χ3n) is 5.19. The van der Waals surface area contributed by atoms with Gasteiger partial charge in [-0.15, -0.1) is 10.2 Å². The van der Waals surface area contributed by atoms with E-state index in [1.165, 1.54) is 11.8 Å². The molecule has 1 amide bonds. The molecule has 2 unspecified atom stereocenters. The molecule has 2 aromatic carbocycles. The van der Waals surface area contributed by atoms with E-state index >= 15 is 0 Å². The standard InChI is InChI=1S/C23H28ClN5OS/c1-14-7-8-15(2)20(13-14)25-22(30)17(4)31-23-27-26-21(16(3)28(5)6)29(23)19-11-9-18(24)10-12-19/h7-13,16-17H,1-6H3,(H,25,30). The predicted octanol–water partition coefficient (Wildman–Crippen LogP) is 5.28. The molecule has 0 aliphatic rings. The predicted molar refractivity (Wildman–Crippen MR) is 128 cm³/mol. The maximum atomic E-state index is 12.9. The molecule has 164 valence electrons. The molecule has 1 aromatic heterocycles. The first-order valence-electron chi connectivity index (χ1n) is 10.1. The largest absolute Gasteiger partial charge is 0.325 e. The number of anilines is 1. The van der Waals surface area contributed by atoms with Crippen LogP contribution >= 0.6 is 23.4 Å². The Hall–Kier alpha value is -2.35. The molecule has 1 heterocycles. The molecule has 0 saturated carbocycles. The molecule has 6 nitrogen and oxygen atoms in total. The van der Waals surface area contributed by atoms with Crippen LogP contribution in [0.1, 0.15) is 36.8 Å². The van der Waals surface area contributed by atoms with Crippen LogP contribution < -0.4 is 5.32 Å². The van der Waals surface area contributed by atoms with Gasteiger partial charge in [0.15, 0.2) is 11.0 Å². The molecule has 3 rings (SSSR count). The van der Waals surface area contributed by atoms with Crippen LogP contribution in [0.3, 0.4) is 0 Å². The third kappa shape index (κ3) is 5.47. The van der Waals surface area contributed by atoms with Crippen molar-refractivity contribution in [3.05, 3.63) is 64.4 Å². The van der Waals surface area contributed by atoms with E-state index < -0.39 is 0 Å². The van der Waals surface area contributed by atoms with Crippen LogP contribution in [0.2, 0.25) is 5.02 Å². The average molecular weight is 458 g/mol. The van der Waals surface area contributed by atoms with Gasteiger partial charge in [0.25, 0.3) is 0 Å². The van der Waals surface area contributed by atoms with Crippen molar-refractivity contribution in [3.63, 3.8) is 0 Å². The summed E-state index contributed by atoms with van der Waals surface area (Å²) in [6.45, 7) is 7.94. The lowest BCUT2D eigenvalue weighted by Gasteiger charge is -2.21. The van der Waals surface area contributed by atoms with Crippen molar-refractivity contribution < 1.29 is 4.79 Å². The molecule has 0 saturated heterocycles. The van der Waals surface area contributed by atoms with Crippen molar-refractivity contribution in [1.29, 1.82) is 0 Å². The van der Waals surface area contributed by atoms with E-state index in [1.807, 2.05) is 81.9 Å². The van der Waals surface area contributed by atoms with Gasteiger partial charge in [-0.25, -0.2) is 0 Å². The van der Waals surface area contributed by atoms with E-state index in [4.69, 9.17) is 11.6 Å². The minimum Gasteiger partial charge on any atom is -0.325 e. The van der Waals surface area contributed by atoms with Gasteiger partial charge in [-0.3, -0.25) is 14.3 Å². The zero-order valence-corrected chi connectivity index (χ0v) is 20.3. The average Bonchev–Trinajstić information content (AvgIpc) is 3.13. The second kappa shape index (κ2) is 9.85. The zero-order chi connectivity index (χ0) is 22.7. The van der Waals surface area contributed by atoms with Crippen LogP contribution in [0.25, 0.3) is 5.69 Å². The minimum absolute atomic E-state index is 0.0385. The molecule has 0 fully saturated rings. The van der Waals surface area contributed by atoms with Crippen LogP contribution in [0.15, 0.2) is 47.6 Å². The number of carbonyl (C=O) groups excluding carboxylic acids is 1. The summed E-state index contributed by atoms with van der Waals surface area (Å²) in [7, 11) is 4.00. The molecular weight excluding hydrogens is 430 g/mol. The number of amides is 1. The highest BCUT2D eigenvalue weighted by molar-refractivity contribution is 8.00. The van der Waals surface area contributed by atoms with Gasteiger partial charge >= 0.3 is 0 Å². The molecule has 31 heavy (non-hydrogen) atoms. The quantitative estimate of drug-likeness (QED) is 0.489. The fourth-order valence-corrected chi connectivity index (χ4v) is 4.01. The first-order chi connectivity index (χ1) is 14.7. The molecular formula is C23H28ClN5OS. The van der Waals surface area contributed by atoms with Crippen molar-refractivity contribution >= 4 is 35.0 Å². The summed E-state index contributed by atoms with van der Waals surface area (Å²) in [5, 5.41) is 12.9. The number of nitrogens with zero attached hydrogens (tertiary/aromatic N) is 4. The van der Waals surface area contributed by atoms with Crippen LogP contribution in [0.5, 0.6) is 0 Å². The SMILES string of the molecule is Cc1ccc(C)c(NC(=O)C(C)Sc2nnc(C(C)N(C)C)n2-c2ccc(Cl)cc2)c1. The Morgan fingerprint density at radius 1 is 1.10 bits per heavy atom. The Morgan fingerprint density at radius 3 is 2.42 bits per heavy atom. The highest BCUT2D eigenvalue weighted by atomic mass is 35.5. The monoisotopic (exact) mass is 457 g/mol. The van der Waals surface area contributed by atoms with Crippen LogP contribution in [0.4, 0.5) is 5.69 Å². The highest BCUT2D eigenvalue weighted by Crippen LogP contribution is 2.30. The topological polar surface area (TPSA) is 63.1 Å². The Bertz CT molecular complexity index is 1060. The highest BCUT2D eigenvalue weighted by Gasteiger charge is 2.24. The lowest BCUT2D eigenvalue weighted by molar-refractivity contribution is -0.115. The summed E-state index contributed by atoms with van der Waals surface area (Å²) >= 11 is 7.47. The van der Waals surface area contributed by atoms with Crippen LogP contribution in [-0.2, 0) is 4.79 Å². The van der Waals surface area contributed by atoms with Crippen molar-refractivity contribution in [3.8, 4) is 5.69 Å². The number of benzene rings is 2. The van der Waals surface area contributed by atoms with E-state index in [-0.39, 0.29) is 17.2 Å². The number of thioether (sulfide) groups is 1. The van der Waals surface area contributed by atoms with Gasteiger partial charge in [-0.1, -0.05) is 35.5 Å². The third-order valence-corrected chi connectivity index (χ3v) is 6.49. The maximum absolute atomic E-state index is 12.9. The number of hydrogen-bond donors (Lipinski definition) is 1. The summed E-state index contributed by atoms with van der Waals surface area (Å²) < 4.78 is 1.99. The summed E-state index contributed by atoms with van der Waals surface area (Å²) in [6, 6.07) is 13.6. The lowest BCUT2D eigenvalue weighted by Crippen LogP contribution is -2.24. The van der Waals surface area contributed by atoms with Crippen LogP contribution in [-0.4, -0.2) is 44.9 Å². The molecule has 1 N–H and O–H groups in total. The van der Waals surface area contributed by atoms with E-state index in [2.05, 4.69) is 27.3 Å². The van der Waals surface area contributed by atoms with E-state index in [0.717, 1.165) is 28.3 Å². The second-order valence-corrected chi connectivity index (χ2v) is 9.60. The Kier molecular flexibility index (Phi) is 7.41. The van der Waals surface area contributed by atoms with Crippen molar-refractivity contribution in [2.45, 2.75) is 44.1 Å². The van der Waals surface area contributed by atoms with Gasteiger partial charge in [0.2, 0.25) is 5.91 Å². The van der Waals surface area contributed by atoms with Gasteiger partial charge in [0, 0.05) is 16.4 Å². The van der Waals surface area contributed by atoms with Crippen LogP contribution in [0, 0.1) is 13.8 Å². The number of halogens is 1. The zero-order valence-electron chi connectivity index (χ0n) is 18.7. The number of aromatic nitrogens is 3. The molecule has 2 atom stereocenters. The van der Waals surface area contributed by atoms with E-state index in [9.17, 15) is 4.79 Å². The van der Waals surface area contributed by atoms with Gasteiger partial charge < -0.3 is 5.32 Å². The Morgan fingerprint density at radius 2 is 1.77 bits per heavy atom. The molecule has 8 heteroatoms. The first-order valence-corrected chi connectivity index (χ1v) is 11.4. The Balaban J connectivity index is 1.88. The fraction of sp³-hybridized carbons (Fsp3) is 0.348. The fourth-order valence-electron chi connectivity index (χ4n) is 3.01. The number of aryl methyl sites for hydroxylation is 2. The molecule has 0 radical (unpaired) electrons. The smallest absolute Gasteiger partial charge is 0.237 e. The molecule has 0 spiro atoms. The van der Waals surface area contributed by atoms with E-state index in [1.54, 1.807) is 0 Å². The van der Waals surface area contributed by atoms with Gasteiger partial charge in [-0.05, 0) is 83.2 Å².